The second kappa shape index (κ2) is 7.28. The van der Waals surface area contributed by atoms with Crippen LogP contribution in [0.25, 0.3) is 0 Å². The third-order valence-corrected chi connectivity index (χ3v) is 5.55. The highest BCUT2D eigenvalue weighted by molar-refractivity contribution is 5.91. The number of carbonyl (C=O) groups is 3. The minimum absolute atomic E-state index is 0.0694. The predicted molar refractivity (Wildman–Crippen MR) is 99.7 cm³/mol. The lowest BCUT2D eigenvalue weighted by Gasteiger charge is -2.43. The van der Waals surface area contributed by atoms with Crippen LogP contribution >= 0.6 is 0 Å². The SMILES string of the molecule is CC(C)(C)CC(C)(C(=O)OCC(=O)OC1CC=C2CC1OC2=O)C(C)(C)C. The van der Waals surface area contributed by atoms with Crippen molar-refractivity contribution in [1.82, 2.24) is 0 Å². The summed E-state index contributed by atoms with van der Waals surface area (Å²) in [6.07, 6.45) is 2.33. The number of rotatable bonds is 5. The van der Waals surface area contributed by atoms with Gasteiger partial charge in [-0.3, -0.25) is 4.79 Å². The number of carbonyl (C=O) groups excluding carboxylic acids is 3. The molecule has 1 aliphatic heterocycles. The summed E-state index contributed by atoms with van der Waals surface area (Å²) in [4.78, 5) is 36.5. The molecule has 1 fully saturated rings. The van der Waals surface area contributed by atoms with E-state index in [1.165, 1.54) is 0 Å². The molecule has 1 heterocycles. The maximum atomic E-state index is 12.8. The quantitative estimate of drug-likeness (QED) is 0.536. The summed E-state index contributed by atoms with van der Waals surface area (Å²) in [5, 5.41) is 0. The van der Waals surface area contributed by atoms with Gasteiger partial charge in [0.15, 0.2) is 6.61 Å². The number of hydrogen-bond acceptors (Lipinski definition) is 6. The molecular weight excluding hydrogens is 348 g/mol. The summed E-state index contributed by atoms with van der Waals surface area (Å²) in [5.74, 6) is -1.37. The first-order chi connectivity index (χ1) is 12.2. The van der Waals surface area contributed by atoms with Crippen LogP contribution in [0, 0.1) is 16.2 Å². The Morgan fingerprint density at radius 2 is 1.78 bits per heavy atom. The van der Waals surface area contributed by atoms with Gasteiger partial charge in [-0.15, -0.1) is 0 Å². The van der Waals surface area contributed by atoms with Crippen molar-refractivity contribution >= 4 is 17.9 Å². The normalized spacial score (nSPS) is 24.6. The molecular formula is C21H32O6. The largest absolute Gasteiger partial charge is 0.456 e. The highest BCUT2D eigenvalue weighted by Gasteiger charge is 2.48. The van der Waals surface area contributed by atoms with Crippen LogP contribution in [-0.2, 0) is 28.6 Å². The lowest BCUT2D eigenvalue weighted by Crippen LogP contribution is -2.45. The van der Waals surface area contributed by atoms with Gasteiger partial charge in [0.2, 0.25) is 0 Å². The van der Waals surface area contributed by atoms with E-state index in [1.54, 1.807) is 6.08 Å². The Kier molecular flexibility index (Phi) is 5.79. The average Bonchev–Trinajstić information content (AvgIpc) is 2.80. The van der Waals surface area contributed by atoms with Gasteiger partial charge in [-0.05, 0) is 24.2 Å². The van der Waals surface area contributed by atoms with Crippen molar-refractivity contribution in [2.24, 2.45) is 16.2 Å². The molecule has 0 aromatic rings. The van der Waals surface area contributed by atoms with Gasteiger partial charge in [0.25, 0.3) is 0 Å². The molecule has 0 saturated carbocycles. The molecule has 0 N–H and O–H groups in total. The molecule has 1 saturated heterocycles. The van der Waals surface area contributed by atoms with E-state index in [1.807, 2.05) is 27.7 Å². The molecule has 0 radical (unpaired) electrons. The Balaban J connectivity index is 1.94. The van der Waals surface area contributed by atoms with E-state index in [9.17, 15) is 14.4 Å². The Morgan fingerprint density at radius 1 is 1.15 bits per heavy atom. The molecule has 0 aromatic carbocycles. The van der Waals surface area contributed by atoms with Crippen LogP contribution in [0.4, 0.5) is 0 Å². The van der Waals surface area contributed by atoms with Crippen LogP contribution in [0.2, 0.25) is 0 Å². The van der Waals surface area contributed by atoms with Gasteiger partial charge in [-0.1, -0.05) is 47.6 Å². The molecule has 0 spiro atoms. The summed E-state index contributed by atoms with van der Waals surface area (Å²) >= 11 is 0. The van der Waals surface area contributed by atoms with Crippen molar-refractivity contribution in [1.29, 1.82) is 0 Å². The topological polar surface area (TPSA) is 78.9 Å². The summed E-state index contributed by atoms with van der Waals surface area (Å²) in [6.45, 7) is 13.7. The molecule has 0 aromatic heterocycles. The van der Waals surface area contributed by atoms with Crippen molar-refractivity contribution < 1.29 is 28.6 Å². The zero-order chi connectivity index (χ0) is 20.6. The Hall–Kier alpha value is -1.85. The number of hydrogen-bond donors (Lipinski definition) is 0. The minimum atomic E-state index is -0.741. The fraction of sp³-hybridized carbons (Fsp3) is 0.762. The Labute approximate surface area is 161 Å². The number of ether oxygens (including phenoxy) is 3. The number of esters is 3. The smallest absolute Gasteiger partial charge is 0.344 e. The van der Waals surface area contributed by atoms with Crippen LogP contribution in [-0.4, -0.2) is 36.7 Å². The Bertz CT molecular complexity index is 649. The van der Waals surface area contributed by atoms with Gasteiger partial charge in [0.1, 0.15) is 12.2 Å². The van der Waals surface area contributed by atoms with E-state index in [4.69, 9.17) is 14.2 Å². The van der Waals surface area contributed by atoms with Crippen molar-refractivity contribution in [2.45, 2.75) is 79.9 Å². The Morgan fingerprint density at radius 3 is 2.33 bits per heavy atom. The van der Waals surface area contributed by atoms with Crippen LogP contribution in [0.5, 0.6) is 0 Å². The van der Waals surface area contributed by atoms with Crippen molar-refractivity contribution in [3.8, 4) is 0 Å². The lowest BCUT2D eigenvalue weighted by atomic mass is 9.61. The van der Waals surface area contributed by atoms with Crippen molar-refractivity contribution in [2.75, 3.05) is 6.61 Å². The summed E-state index contributed by atoms with van der Waals surface area (Å²) in [5.41, 5.74) is -0.499. The zero-order valence-corrected chi connectivity index (χ0v) is 17.5. The molecule has 3 unspecified atom stereocenters. The molecule has 2 aliphatic rings. The highest BCUT2D eigenvalue weighted by Crippen LogP contribution is 2.47. The van der Waals surface area contributed by atoms with E-state index in [2.05, 4.69) is 20.8 Å². The van der Waals surface area contributed by atoms with Gasteiger partial charge in [-0.2, -0.15) is 0 Å². The van der Waals surface area contributed by atoms with Crippen LogP contribution in [0.1, 0.15) is 67.7 Å². The third kappa shape index (κ3) is 4.90. The third-order valence-electron chi connectivity index (χ3n) is 5.55. The maximum absolute atomic E-state index is 12.8. The van der Waals surface area contributed by atoms with Gasteiger partial charge >= 0.3 is 17.9 Å². The van der Waals surface area contributed by atoms with Crippen LogP contribution < -0.4 is 0 Å². The maximum Gasteiger partial charge on any atom is 0.344 e. The first-order valence-electron chi connectivity index (χ1n) is 9.50. The molecule has 1 aliphatic carbocycles. The summed E-state index contributed by atoms with van der Waals surface area (Å²) in [7, 11) is 0. The highest BCUT2D eigenvalue weighted by atomic mass is 16.6. The summed E-state index contributed by atoms with van der Waals surface area (Å²) in [6, 6.07) is 0. The second-order valence-corrected chi connectivity index (χ2v) is 10.0. The van der Waals surface area contributed by atoms with Gasteiger partial charge < -0.3 is 14.2 Å². The summed E-state index contributed by atoms with van der Waals surface area (Å²) < 4.78 is 15.9. The standard InChI is InChI=1S/C21H32O6/c1-19(2,3)12-21(7,20(4,5)6)18(24)25-11-16(22)26-14-9-8-13-10-15(14)27-17(13)23/h8,14-15H,9-12H2,1-7H3. The monoisotopic (exact) mass is 380 g/mol. The van der Waals surface area contributed by atoms with Gasteiger partial charge in [-0.25, -0.2) is 9.59 Å². The van der Waals surface area contributed by atoms with E-state index in [0.717, 1.165) is 0 Å². The fourth-order valence-corrected chi connectivity index (χ4v) is 3.65. The molecule has 3 atom stereocenters. The molecule has 2 bridgehead atoms. The number of fused-ring (bicyclic) bond motifs is 2. The second-order valence-electron chi connectivity index (χ2n) is 10.0. The molecule has 0 amide bonds. The first-order valence-corrected chi connectivity index (χ1v) is 9.50. The van der Waals surface area contributed by atoms with Crippen molar-refractivity contribution in [3.63, 3.8) is 0 Å². The lowest BCUT2D eigenvalue weighted by molar-refractivity contribution is -0.176. The molecule has 6 nitrogen and oxygen atoms in total. The van der Waals surface area contributed by atoms with E-state index >= 15 is 0 Å². The van der Waals surface area contributed by atoms with E-state index < -0.39 is 36.2 Å². The fourth-order valence-electron chi connectivity index (χ4n) is 3.65. The van der Waals surface area contributed by atoms with Gasteiger partial charge in [0.05, 0.1) is 5.41 Å². The minimum Gasteiger partial charge on any atom is -0.456 e. The van der Waals surface area contributed by atoms with Crippen LogP contribution in [0.3, 0.4) is 0 Å². The van der Waals surface area contributed by atoms with Gasteiger partial charge in [0, 0.05) is 18.4 Å². The predicted octanol–water partition coefficient (Wildman–Crippen LogP) is 3.58. The van der Waals surface area contributed by atoms with Crippen molar-refractivity contribution in [3.05, 3.63) is 11.6 Å². The first kappa shape index (κ1) is 21.5. The molecule has 6 heteroatoms. The van der Waals surface area contributed by atoms with E-state index in [-0.39, 0.29) is 16.8 Å². The van der Waals surface area contributed by atoms with E-state index in [0.29, 0.717) is 24.8 Å². The van der Waals surface area contributed by atoms with Crippen LogP contribution in [0.15, 0.2) is 11.6 Å². The molecule has 27 heavy (non-hydrogen) atoms. The molecule has 152 valence electrons. The average molecular weight is 380 g/mol. The zero-order valence-electron chi connectivity index (χ0n) is 17.5. The molecule has 2 rings (SSSR count).